The van der Waals surface area contributed by atoms with Gasteiger partial charge in [0.1, 0.15) is 23.1 Å². The second-order valence-electron chi connectivity index (χ2n) is 9.58. The fraction of sp³-hybridized carbons (Fsp3) is 0.333. The maximum absolute atomic E-state index is 13.2. The lowest BCUT2D eigenvalue weighted by atomic mass is 10.1. The van der Waals surface area contributed by atoms with Crippen molar-refractivity contribution in [2.75, 3.05) is 32.3 Å². The number of hydrogen-bond acceptors (Lipinski definition) is 5. The number of ether oxygens (including phenoxy) is 3. The van der Waals surface area contributed by atoms with E-state index in [0.29, 0.717) is 31.1 Å². The van der Waals surface area contributed by atoms with Crippen LogP contribution in [-0.4, -0.2) is 42.8 Å². The number of aryl methyl sites for hydroxylation is 3. The Balaban J connectivity index is 1.37. The molecule has 1 amide bonds. The van der Waals surface area contributed by atoms with Crippen molar-refractivity contribution in [1.29, 1.82) is 0 Å². The number of anilines is 1. The molecule has 1 aliphatic heterocycles. The van der Waals surface area contributed by atoms with Crippen LogP contribution in [0, 0.1) is 13.8 Å². The van der Waals surface area contributed by atoms with Crippen LogP contribution in [0.25, 0.3) is 11.0 Å². The summed E-state index contributed by atoms with van der Waals surface area (Å²) in [5.74, 6) is 3.18. The van der Waals surface area contributed by atoms with Gasteiger partial charge in [-0.05, 0) is 67.8 Å². The van der Waals surface area contributed by atoms with Gasteiger partial charge in [0.05, 0.1) is 37.5 Å². The molecule has 0 bridgehead atoms. The molecular formula is C30H33N3O4. The lowest BCUT2D eigenvalue weighted by molar-refractivity contribution is -0.117. The van der Waals surface area contributed by atoms with E-state index in [1.165, 1.54) is 11.1 Å². The van der Waals surface area contributed by atoms with Gasteiger partial charge in [-0.15, -0.1) is 0 Å². The number of carbonyl (C=O) groups excluding carboxylic acids is 1. The lowest BCUT2D eigenvalue weighted by Gasteiger charge is -2.20. The molecule has 0 spiro atoms. The van der Waals surface area contributed by atoms with E-state index in [1.54, 1.807) is 19.1 Å². The predicted octanol–water partition coefficient (Wildman–Crippen LogP) is 5.66. The molecule has 0 N–H and O–H groups in total. The molecule has 4 aromatic rings. The van der Waals surface area contributed by atoms with Crippen molar-refractivity contribution in [3.63, 3.8) is 0 Å². The van der Waals surface area contributed by atoms with Gasteiger partial charge >= 0.3 is 0 Å². The number of aromatic nitrogens is 2. The molecule has 7 heteroatoms. The van der Waals surface area contributed by atoms with E-state index in [1.807, 2.05) is 36.4 Å². The Bertz CT molecular complexity index is 1410. The molecule has 0 saturated carbocycles. The monoisotopic (exact) mass is 499 g/mol. The smallest absolute Gasteiger partial charge is 0.227 e. The van der Waals surface area contributed by atoms with Gasteiger partial charge in [-0.2, -0.15) is 0 Å². The molecule has 1 aliphatic rings. The zero-order valence-electron chi connectivity index (χ0n) is 21.9. The highest BCUT2D eigenvalue weighted by atomic mass is 16.5. The number of rotatable bonds is 9. The Morgan fingerprint density at radius 3 is 2.49 bits per heavy atom. The van der Waals surface area contributed by atoms with E-state index in [2.05, 4.69) is 42.7 Å². The summed E-state index contributed by atoms with van der Waals surface area (Å²) in [6.07, 6.45) is 1.22. The van der Waals surface area contributed by atoms with E-state index in [0.717, 1.165) is 41.3 Å². The summed E-state index contributed by atoms with van der Waals surface area (Å²) in [5, 5.41) is 0. The summed E-state index contributed by atoms with van der Waals surface area (Å²) in [7, 11) is 3.23. The molecule has 192 valence electrons. The van der Waals surface area contributed by atoms with Crippen LogP contribution in [0.1, 0.15) is 35.7 Å². The first-order valence-electron chi connectivity index (χ1n) is 12.7. The molecule has 0 aliphatic carbocycles. The highest BCUT2D eigenvalue weighted by molar-refractivity contribution is 5.98. The molecule has 1 aromatic heterocycles. The standard InChI is InChI=1S/C30H33N3O4/c1-20-14-21(2)16-24(15-20)37-13-7-12-32-26-9-6-5-8-25(26)31-30(32)22-17-29(34)33(19-22)27-18-23(35-3)10-11-28(27)36-4/h5-6,8-11,14-16,18,22H,7,12-13,17,19H2,1-4H3/t22-/m0/s1. The second-order valence-corrected chi connectivity index (χ2v) is 9.58. The number of para-hydroxylation sites is 2. The van der Waals surface area contributed by atoms with E-state index >= 15 is 0 Å². The van der Waals surface area contributed by atoms with Crippen LogP contribution in [0.3, 0.4) is 0 Å². The van der Waals surface area contributed by atoms with Gasteiger partial charge in [0.2, 0.25) is 5.91 Å². The number of fused-ring (bicyclic) bond motifs is 1. The normalized spacial score (nSPS) is 15.4. The third-order valence-electron chi connectivity index (χ3n) is 6.84. The van der Waals surface area contributed by atoms with Gasteiger partial charge in [0.25, 0.3) is 0 Å². The van der Waals surface area contributed by atoms with Gasteiger partial charge in [-0.25, -0.2) is 4.98 Å². The number of benzene rings is 3. The average molecular weight is 500 g/mol. The highest BCUT2D eigenvalue weighted by Gasteiger charge is 2.36. The van der Waals surface area contributed by atoms with Gasteiger partial charge in [-0.3, -0.25) is 4.79 Å². The minimum atomic E-state index is -0.0313. The topological polar surface area (TPSA) is 65.8 Å². The van der Waals surface area contributed by atoms with Crippen LogP contribution in [0.4, 0.5) is 5.69 Å². The van der Waals surface area contributed by atoms with Crippen LogP contribution in [0.2, 0.25) is 0 Å². The van der Waals surface area contributed by atoms with Crippen LogP contribution in [-0.2, 0) is 11.3 Å². The lowest BCUT2D eigenvalue weighted by Crippen LogP contribution is -2.25. The first-order chi connectivity index (χ1) is 18.0. The molecule has 1 fully saturated rings. The Hall–Kier alpha value is -4.00. The van der Waals surface area contributed by atoms with Crippen LogP contribution in [0.15, 0.2) is 60.7 Å². The van der Waals surface area contributed by atoms with Crippen molar-refractivity contribution in [2.24, 2.45) is 0 Å². The van der Waals surface area contributed by atoms with E-state index in [-0.39, 0.29) is 11.8 Å². The third kappa shape index (κ3) is 5.12. The number of amides is 1. The molecule has 0 radical (unpaired) electrons. The Morgan fingerprint density at radius 1 is 0.946 bits per heavy atom. The molecule has 0 unspecified atom stereocenters. The predicted molar refractivity (Wildman–Crippen MR) is 145 cm³/mol. The first-order valence-corrected chi connectivity index (χ1v) is 12.7. The molecule has 1 saturated heterocycles. The minimum absolute atomic E-state index is 0.0313. The van der Waals surface area contributed by atoms with Gasteiger partial charge < -0.3 is 23.7 Å². The zero-order chi connectivity index (χ0) is 25.9. The minimum Gasteiger partial charge on any atom is -0.497 e. The summed E-state index contributed by atoms with van der Waals surface area (Å²) in [5.41, 5.74) is 5.13. The third-order valence-corrected chi connectivity index (χ3v) is 6.84. The molecule has 5 rings (SSSR count). The zero-order valence-corrected chi connectivity index (χ0v) is 21.9. The number of nitrogens with zero attached hydrogens (tertiary/aromatic N) is 3. The Morgan fingerprint density at radius 2 is 1.73 bits per heavy atom. The summed E-state index contributed by atoms with van der Waals surface area (Å²) < 4.78 is 19.3. The summed E-state index contributed by atoms with van der Waals surface area (Å²) in [6, 6.07) is 19.9. The first kappa shape index (κ1) is 24.7. The second kappa shape index (κ2) is 10.5. The van der Waals surface area contributed by atoms with Crippen LogP contribution in [0.5, 0.6) is 17.2 Å². The fourth-order valence-corrected chi connectivity index (χ4v) is 5.19. The van der Waals surface area contributed by atoms with Crippen molar-refractivity contribution >= 4 is 22.6 Å². The molecule has 37 heavy (non-hydrogen) atoms. The Labute approximate surface area is 217 Å². The van der Waals surface area contributed by atoms with Gasteiger partial charge in [-0.1, -0.05) is 18.2 Å². The molecule has 7 nitrogen and oxygen atoms in total. The van der Waals surface area contributed by atoms with Crippen molar-refractivity contribution in [3.05, 3.63) is 77.6 Å². The quantitative estimate of drug-likeness (QED) is 0.278. The van der Waals surface area contributed by atoms with Crippen LogP contribution >= 0.6 is 0 Å². The molecular weight excluding hydrogens is 466 g/mol. The number of methoxy groups -OCH3 is 2. The van der Waals surface area contributed by atoms with Crippen LogP contribution < -0.4 is 19.1 Å². The molecule has 3 aromatic carbocycles. The number of imidazole rings is 1. The molecule has 1 atom stereocenters. The molecule has 2 heterocycles. The summed E-state index contributed by atoms with van der Waals surface area (Å²) in [4.78, 5) is 20.0. The van der Waals surface area contributed by atoms with Gasteiger partial charge in [0, 0.05) is 31.5 Å². The van der Waals surface area contributed by atoms with E-state index in [4.69, 9.17) is 19.2 Å². The van der Waals surface area contributed by atoms with Crippen molar-refractivity contribution in [1.82, 2.24) is 9.55 Å². The summed E-state index contributed by atoms with van der Waals surface area (Å²) in [6.45, 7) is 6.05. The summed E-state index contributed by atoms with van der Waals surface area (Å²) >= 11 is 0. The van der Waals surface area contributed by atoms with Crippen molar-refractivity contribution in [2.45, 2.75) is 39.2 Å². The number of carbonyl (C=O) groups is 1. The van der Waals surface area contributed by atoms with E-state index in [9.17, 15) is 4.79 Å². The maximum atomic E-state index is 13.2. The number of hydrogen-bond donors (Lipinski definition) is 0. The van der Waals surface area contributed by atoms with Crippen molar-refractivity contribution in [3.8, 4) is 17.2 Å². The Kier molecular flexibility index (Phi) is 7.04. The van der Waals surface area contributed by atoms with Crippen molar-refractivity contribution < 1.29 is 19.0 Å². The highest BCUT2D eigenvalue weighted by Crippen LogP contribution is 2.39. The average Bonchev–Trinajstić information content (AvgIpc) is 3.46. The SMILES string of the molecule is COc1ccc(OC)c(N2C[C@@H](c3nc4ccccc4n3CCCOc3cc(C)cc(C)c3)CC2=O)c1. The fourth-order valence-electron chi connectivity index (χ4n) is 5.19. The van der Waals surface area contributed by atoms with Gasteiger partial charge in [0.15, 0.2) is 0 Å². The van der Waals surface area contributed by atoms with E-state index < -0.39 is 0 Å². The maximum Gasteiger partial charge on any atom is 0.227 e. The largest absolute Gasteiger partial charge is 0.497 e.